The number of benzene rings is 1. The largest absolute Gasteiger partial charge is 0.497 e. The first-order chi connectivity index (χ1) is 13.7. The first-order valence-electron chi connectivity index (χ1n) is 8.42. The third kappa shape index (κ3) is 5.19. The molecule has 0 aliphatic heterocycles. The molecule has 3 rings (SSSR count). The lowest BCUT2D eigenvalue weighted by atomic mass is 10.1. The van der Waals surface area contributed by atoms with E-state index in [1.165, 1.54) is 25.0 Å². The average molecular weight is 379 g/mol. The maximum Gasteiger partial charge on any atom is 0.232 e. The molecule has 0 aliphatic rings. The molecular formula is C21H21N3O4. The molecule has 0 radical (unpaired) electrons. The van der Waals surface area contributed by atoms with Gasteiger partial charge in [-0.15, -0.1) is 0 Å². The van der Waals surface area contributed by atoms with E-state index in [1.54, 1.807) is 19.2 Å². The van der Waals surface area contributed by atoms with Gasteiger partial charge < -0.3 is 19.2 Å². The molecule has 0 atom stereocenters. The summed E-state index contributed by atoms with van der Waals surface area (Å²) in [5, 5.41) is 12.2. The summed E-state index contributed by atoms with van der Waals surface area (Å²) >= 11 is 0. The highest BCUT2D eigenvalue weighted by molar-refractivity contribution is 5.79. The number of aromatic nitrogens is 1. The maximum absolute atomic E-state index is 10.8. The van der Waals surface area contributed by atoms with Crippen molar-refractivity contribution in [3.63, 3.8) is 0 Å². The van der Waals surface area contributed by atoms with Crippen molar-refractivity contribution >= 4 is 6.29 Å². The quantitative estimate of drug-likeness (QED) is 0.655. The van der Waals surface area contributed by atoms with Gasteiger partial charge in [-0.2, -0.15) is 5.26 Å². The molecule has 2 aromatic heterocycles. The lowest BCUT2D eigenvalue weighted by Gasteiger charge is -2.06. The highest BCUT2D eigenvalue weighted by Crippen LogP contribution is 2.29. The molecule has 0 aliphatic carbocycles. The van der Waals surface area contributed by atoms with Crippen LogP contribution in [0.1, 0.15) is 21.6 Å². The number of hydrogen-bond acceptors (Lipinski definition) is 7. The zero-order valence-corrected chi connectivity index (χ0v) is 15.9. The molecule has 28 heavy (non-hydrogen) atoms. The van der Waals surface area contributed by atoms with Crippen molar-refractivity contribution in [3.05, 3.63) is 65.5 Å². The van der Waals surface area contributed by atoms with E-state index in [0.717, 1.165) is 12.3 Å². The Balaban J connectivity index is 0.000000221. The number of nitrogens with one attached hydrogen (secondary N) is 1. The predicted molar refractivity (Wildman–Crippen MR) is 104 cm³/mol. The van der Waals surface area contributed by atoms with E-state index in [4.69, 9.17) is 19.2 Å². The highest BCUT2D eigenvalue weighted by Gasteiger charge is 2.16. The van der Waals surface area contributed by atoms with Crippen LogP contribution in [0.3, 0.4) is 0 Å². The standard InChI is InChI=1S/C12H8N2O3.C9H13NO/c1-16-12-10(6-13)9(5-8(7-15)14-12)11-3-2-4-17-11;1-10-7-8-3-5-9(11-2)6-4-8/h2-5,7H,1H3;3-6,10H,7H2,1-2H3. The lowest BCUT2D eigenvalue weighted by Crippen LogP contribution is -2.04. The van der Waals surface area contributed by atoms with Crippen LogP contribution in [0.5, 0.6) is 11.6 Å². The second-order valence-electron chi connectivity index (χ2n) is 5.56. The number of hydrogen-bond donors (Lipinski definition) is 1. The summed E-state index contributed by atoms with van der Waals surface area (Å²) in [5.74, 6) is 1.51. The Bertz CT molecular complexity index is 930. The third-order valence-corrected chi connectivity index (χ3v) is 3.76. The molecule has 7 heteroatoms. The second kappa shape index (κ2) is 10.5. The first-order valence-corrected chi connectivity index (χ1v) is 8.42. The Hall–Kier alpha value is -3.63. The van der Waals surface area contributed by atoms with Gasteiger partial charge in [-0.05, 0) is 42.9 Å². The van der Waals surface area contributed by atoms with Crippen LogP contribution >= 0.6 is 0 Å². The van der Waals surface area contributed by atoms with Gasteiger partial charge in [0, 0.05) is 12.1 Å². The van der Waals surface area contributed by atoms with Gasteiger partial charge >= 0.3 is 0 Å². The number of nitrogens with zero attached hydrogens (tertiary/aromatic N) is 2. The van der Waals surface area contributed by atoms with E-state index in [2.05, 4.69) is 22.4 Å². The van der Waals surface area contributed by atoms with Crippen molar-refractivity contribution in [2.75, 3.05) is 21.3 Å². The molecule has 7 nitrogen and oxygen atoms in total. The molecule has 0 fully saturated rings. The van der Waals surface area contributed by atoms with E-state index >= 15 is 0 Å². The van der Waals surface area contributed by atoms with Crippen LogP contribution in [0.15, 0.2) is 53.1 Å². The van der Waals surface area contributed by atoms with E-state index in [0.29, 0.717) is 17.6 Å². The van der Waals surface area contributed by atoms with Crippen molar-refractivity contribution in [2.24, 2.45) is 0 Å². The molecule has 3 aromatic rings. The van der Waals surface area contributed by atoms with Crippen molar-refractivity contribution in [2.45, 2.75) is 6.54 Å². The number of rotatable bonds is 6. The minimum Gasteiger partial charge on any atom is -0.497 e. The highest BCUT2D eigenvalue weighted by atomic mass is 16.5. The fraction of sp³-hybridized carbons (Fsp3) is 0.190. The van der Waals surface area contributed by atoms with Gasteiger partial charge in [-0.1, -0.05) is 12.1 Å². The van der Waals surface area contributed by atoms with Gasteiger partial charge in [0.2, 0.25) is 5.88 Å². The normalized spacial score (nSPS) is 9.64. The molecule has 0 bridgehead atoms. The number of furan rings is 1. The number of ether oxygens (including phenoxy) is 2. The summed E-state index contributed by atoms with van der Waals surface area (Å²) in [6.07, 6.45) is 2.08. The molecule has 0 spiro atoms. The topological polar surface area (TPSA) is 97.4 Å². The predicted octanol–water partition coefficient (Wildman–Crippen LogP) is 3.45. The Labute approximate surface area is 163 Å². The summed E-state index contributed by atoms with van der Waals surface area (Å²) in [6.45, 7) is 0.907. The van der Waals surface area contributed by atoms with Crippen LogP contribution in [-0.2, 0) is 6.54 Å². The molecule has 0 unspecified atom stereocenters. The minimum atomic E-state index is 0.114. The molecule has 0 amide bonds. The smallest absolute Gasteiger partial charge is 0.232 e. The van der Waals surface area contributed by atoms with Crippen LogP contribution < -0.4 is 14.8 Å². The monoisotopic (exact) mass is 379 g/mol. The number of carbonyl (C=O) groups is 1. The minimum absolute atomic E-state index is 0.114. The number of methoxy groups -OCH3 is 2. The van der Waals surface area contributed by atoms with E-state index in [-0.39, 0.29) is 17.1 Å². The summed E-state index contributed by atoms with van der Waals surface area (Å²) in [5.41, 5.74) is 2.19. The Kier molecular flexibility index (Phi) is 7.76. The summed E-state index contributed by atoms with van der Waals surface area (Å²) < 4.78 is 15.2. The summed E-state index contributed by atoms with van der Waals surface area (Å²) in [7, 11) is 5.00. The van der Waals surface area contributed by atoms with Crippen LogP contribution in [0.25, 0.3) is 11.3 Å². The molecule has 1 N–H and O–H groups in total. The van der Waals surface area contributed by atoms with E-state index < -0.39 is 0 Å². The fourth-order valence-electron chi connectivity index (χ4n) is 2.43. The Morgan fingerprint density at radius 1 is 1.21 bits per heavy atom. The van der Waals surface area contributed by atoms with Gasteiger partial charge in [-0.25, -0.2) is 4.98 Å². The maximum atomic E-state index is 10.8. The number of carbonyl (C=O) groups excluding carboxylic acids is 1. The van der Waals surface area contributed by atoms with E-state index in [9.17, 15) is 4.79 Å². The van der Waals surface area contributed by atoms with Gasteiger partial charge in [0.05, 0.1) is 20.5 Å². The molecule has 0 saturated heterocycles. The molecule has 2 heterocycles. The summed E-state index contributed by atoms with van der Waals surface area (Å²) in [4.78, 5) is 14.7. The van der Waals surface area contributed by atoms with Crippen molar-refractivity contribution in [1.82, 2.24) is 10.3 Å². The number of pyridine rings is 1. The van der Waals surface area contributed by atoms with E-state index in [1.807, 2.05) is 25.2 Å². The zero-order valence-electron chi connectivity index (χ0n) is 15.9. The lowest BCUT2D eigenvalue weighted by molar-refractivity contribution is 0.111. The van der Waals surface area contributed by atoms with Gasteiger partial charge in [0.1, 0.15) is 28.8 Å². The van der Waals surface area contributed by atoms with Crippen molar-refractivity contribution < 1.29 is 18.7 Å². The Morgan fingerprint density at radius 3 is 2.46 bits per heavy atom. The molecule has 1 aromatic carbocycles. The SMILES string of the molecule is CNCc1ccc(OC)cc1.COc1nc(C=O)cc(-c2ccco2)c1C#N. The third-order valence-electron chi connectivity index (χ3n) is 3.76. The average Bonchev–Trinajstić information content (AvgIpc) is 3.28. The second-order valence-corrected chi connectivity index (χ2v) is 5.56. The van der Waals surface area contributed by atoms with Gasteiger partial charge in [0.15, 0.2) is 6.29 Å². The van der Waals surface area contributed by atoms with Crippen molar-refractivity contribution in [3.8, 4) is 29.0 Å². The van der Waals surface area contributed by atoms with Crippen LogP contribution in [0.4, 0.5) is 0 Å². The number of nitriles is 1. The summed E-state index contributed by atoms with van der Waals surface area (Å²) in [6, 6.07) is 14.9. The fourth-order valence-corrected chi connectivity index (χ4v) is 2.43. The molecule has 0 saturated carbocycles. The van der Waals surface area contributed by atoms with Crippen LogP contribution in [-0.4, -0.2) is 32.5 Å². The number of aldehydes is 1. The van der Waals surface area contributed by atoms with Crippen molar-refractivity contribution in [1.29, 1.82) is 5.26 Å². The molecular weight excluding hydrogens is 358 g/mol. The first kappa shape index (κ1) is 20.7. The Morgan fingerprint density at radius 2 is 1.96 bits per heavy atom. The van der Waals surface area contributed by atoms with Crippen LogP contribution in [0.2, 0.25) is 0 Å². The zero-order chi connectivity index (χ0) is 20.4. The van der Waals surface area contributed by atoms with Gasteiger partial charge in [0.25, 0.3) is 0 Å². The van der Waals surface area contributed by atoms with Crippen LogP contribution in [0, 0.1) is 11.3 Å². The van der Waals surface area contributed by atoms with Gasteiger partial charge in [-0.3, -0.25) is 4.79 Å². The molecule has 144 valence electrons.